The number of H-pyrrole nitrogens is 1. The van der Waals surface area contributed by atoms with E-state index in [4.69, 9.17) is 15.6 Å². The first-order valence-electron chi connectivity index (χ1n) is 4.37. The Labute approximate surface area is 76.7 Å². The minimum atomic E-state index is -0.250. The van der Waals surface area contributed by atoms with Crippen LogP contribution in [0.4, 0.5) is 0 Å². The first-order valence-corrected chi connectivity index (χ1v) is 4.37. The third-order valence-electron chi connectivity index (χ3n) is 2.76. The maximum absolute atomic E-state index is 9.04. The number of ether oxygens (including phenoxy) is 1. The quantitative estimate of drug-likeness (QED) is 0.595. The Hall–Kier alpha value is -0.840. The molecule has 0 aliphatic carbocycles. The Morgan fingerprint density at radius 3 is 2.85 bits per heavy atom. The molecule has 0 spiro atoms. The van der Waals surface area contributed by atoms with Gasteiger partial charge in [-0.25, -0.2) is 0 Å². The van der Waals surface area contributed by atoms with Gasteiger partial charge in [0.15, 0.2) is 0 Å². The lowest BCUT2D eigenvalue weighted by molar-refractivity contribution is -0.0816. The van der Waals surface area contributed by atoms with Crippen LogP contribution < -0.4 is 5.73 Å². The molecular weight excluding hydrogens is 168 g/mol. The molecular formula is C9H14N2O2. The van der Waals surface area contributed by atoms with E-state index in [0.717, 1.165) is 5.69 Å². The van der Waals surface area contributed by atoms with Crippen molar-refractivity contribution in [2.75, 3.05) is 19.8 Å². The average Bonchev–Trinajstić information content (AvgIpc) is 2.55. The Morgan fingerprint density at radius 2 is 2.46 bits per heavy atom. The number of aromatic nitrogens is 1. The number of rotatable bonds is 3. The summed E-state index contributed by atoms with van der Waals surface area (Å²) in [6.07, 6.45) is 1.86. The molecule has 1 saturated heterocycles. The molecule has 1 fully saturated rings. The molecule has 1 aromatic heterocycles. The molecule has 1 unspecified atom stereocenters. The molecule has 0 aromatic carbocycles. The zero-order valence-electron chi connectivity index (χ0n) is 7.36. The fourth-order valence-corrected chi connectivity index (χ4v) is 1.71. The van der Waals surface area contributed by atoms with Gasteiger partial charge in [0.1, 0.15) is 0 Å². The van der Waals surface area contributed by atoms with Gasteiger partial charge < -0.3 is 20.6 Å². The van der Waals surface area contributed by atoms with Gasteiger partial charge in [0, 0.05) is 17.9 Å². The van der Waals surface area contributed by atoms with Crippen molar-refractivity contribution in [3.8, 4) is 0 Å². The lowest BCUT2D eigenvalue weighted by atomic mass is 9.76. The second kappa shape index (κ2) is 3.14. The molecule has 1 atom stereocenters. The number of aromatic amines is 1. The van der Waals surface area contributed by atoms with E-state index in [-0.39, 0.29) is 18.1 Å². The fraction of sp³-hybridized carbons (Fsp3) is 0.556. The summed E-state index contributed by atoms with van der Waals surface area (Å²) >= 11 is 0. The third-order valence-corrected chi connectivity index (χ3v) is 2.76. The van der Waals surface area contributed by atoms with Crippen LogP contribution in [0.15, 0.2) is 18.3 Å². The Balaban J connectivity index is 2.25. The number of hydrogen-bond acceptors (Lipinski definition) is 3. The number of nitrogens with two attached hydrogens (primary N) is 1. The van der Waals surface area contributed by atoms with E-state index in [1.54, 1.807) is 0 Å². The molecule has 0 saturated carbocycles. The van der Waals surface area contributed by atoms with Crippen molar-refractivity contribution in [3.63, 3.8) is 0 Å². The first-order chi connectivity index (χ1) is 6.29. The predicted octanol–water partition coefficient (Wildman–Crippen LogP) is -0.398. The Kier molecular flexibility index (Phi) is 2.11. The second-order valence-corrected chi connectivity index (χ2v) is 3.52. The van der Waals surface area contributed by atoms with Crippen LogP contribution in [-0.2, 0) is 10.2 Å². The van der Waals surface area contributed by atoms with Gasteiger partial charge in [-0.1, -0.05) is 0 Å². The summed E-state index contributed by atoms with van der Waals surface area (Å²) in [6, 6.07) is 3.66. The summed E-state index contributed by atoms with van der Waals surface area (Å²) in [6.45, 7) is 1.17. The van der Waals surface area contributed by atoms with Crippen LogP contribution in [0.3, 0.4) is 0 Å². The highest BCUT2D eigenvalue weighted by molar-refractivity contribution is 5.24. The molecule has 2 rings (SSSR count). The smallest absolute Gasteiger partial charge is 0.0743 e. The number of nitrogens with one attached hydrogen (secondary N) is 1. The van der Waals surface area contributed by atoms with Crippen molar-refractivity contribution >= 4 is 0 Å². The highest BCUT2D eigenvalue weighted by Crippen LogP contribution is 2.33. The maximum atomic E-state index is 9.04. The van der Waals surface area contributed by atoms with Crippen molar-refractivity contribution in [2.45, 2.75) is 11.5 Å². The van der Waals surface area contributed by atoms with E-state index in [2.05, 4.69) is 4.98 Å². The molecule has 1 aliphatic rings. The van der Waals surface area contributed by atoms with Crippen LogP contribution in [0.2, 0.25) is 0 Å². The van der Waals surface area contributed by atoms with Crippen LogP contribution in [0.1, 0.15) is 5.69 Å². The van der Waals surface area contributed by atoms with E-state index in [9.17, 15) is 0 Å². The van der Waals surface area contributed by atoms with E-state index < -0.39 is 0 Å². The van der Waals surface area contributed by atoms with Gasteiger partial charge in [-0.2, -0.15) is 0 Å². The highest BCUT2D eigenvalue weighted by Gasteiger charge is 2.46. The molecule has 0 radical (unpaired) electrons. The lowest BCUT2D eigenvalue weighted by Crippen LogP contribution is -2.60. The molecule has 0 amide bonds. The standard InChI is InChI=1S/C9H14N2O2/c10-7(4-12)9(5-13-6-9)8-2-1-3-11-8/h1-3,7,11-12H,4-6,10H2. The van der Waals surface area contributed by atoms with Gasteiger partial charge >= 0.3 is 0 Å². The molecule has 4 nitrogen and oxygen atoms in total. The van der Waals surface area contributed by atoms with Gasteiger partial charge in [0.25, 0.3) is 0 Å². The number of hydrogen-bond donors (Lipinski definition) is 3. The molecule has 72 valence electrons. The third kappa shape index (κ3) is 1.18. The normalized spacial score (nSPS) is 22.3. The van der Waals surface area contributed by atoms with E-state index in [1.165, 1.54) is 0 Å². The van der Waals surface area contributed by atoms with Crippen molar-refractivity contribution < 1.29 is 9.84 Å². The van der Waals surface area contributed by atoms with Crippen molar-refractivity contribution in [3.05, 3.63) is 24.0 Å². The molecule has 1 aliphatic heterocycles. The molecule has 1 aromatic rings. The summed E-state index contributed by atoms with van der Waals surface area (Å²) in [5, 5.41) is 9.04. The zero-order chi connectivity index (χ0) is 9.31. The van der Waals surface area contributed by atoms with Crippen LogP contribution in [0.25, 0.3) is 0 Å². The van der Waals surface area contributed by atoms with Crippen LogP contribution in [0, 0.1) is 0 Å². The van der Waals surface area contributed by atoms with Gasteiger partial charge in [-0.3, -0.25) is 0 Å². The summed E-state index contributed by atoms with van der Waals surface area (Å²) in [5.41, 5.74) is 6.71. The van der Waals surface area contributed by atoms with Gasteiger partial charge in [0.2, 0.25) is 0 Å². The minimum Gasteiger partial charge on any atom is -0.395 e. The Morgan fingerprint density at radius 1 is 1.69 bits per heavy atom. The highest BCUT2D eigenvalue weighted by atomic mass is 16.5. The van der Waals surface area contributed by atoms with Gasteiger partial charge in [0.05, 0.1) is 25.2 Å². The lowest BCUT2D eigenvalue weighted by Gasteiger charge is -2.44. The summed E-state index contributed by atoms with van der Waals surface area (Å²) < 4.78 is 5.17. The van der Waals surface area contributed by atoms with Crippen LogP contribution >= 0.6 is 0 Å². The number of aliphatic hydroxyl groups excluding tert-OH is 1. The fourth-order valence-electron chi connectivity index (χ4n) is 1.71. The van der Waals surface area contributed by atoms with Crippen LogP contribution in [-0.4, -0.2) is 36.0 Å². The SMILES string of the molecule is NC(CO)C1(c2ccc[nH]2)COC1. The molecule has 4 heteroatoms. The van der Waals surface area contributed by atoms with Crippen molar-refractivity contribution in [2.24, 2.45) is 5.73 Å². The maximum Gasteiger partial charge on any atom is 0.0743 e. The van der Waals surface area contributed by atoms with Crippen molar-refractivity contribution in [1.29, 1.82) is 0 Å². The average molecular weight is 182 g/mol. The van der Waals surface area contributed by atoms with E-state index in [0.29, 0.717) is 13.2 Å². The predicted molar refractivity (Wildman–Crippen MR) is 48.4 cm³/mol. The first kappa shape index (κ1) is 8.74. The molecule has 0 bridgehead atoms. The monoisotopic (exact) mass is 182 g/mol. The summed E-state index contributed by atoms with van der Waals surface area (Å²) in [5.74, 6) is 0. The second-order valence-electron chi connectivity index (χ2n) is 3.52. The van der Waals surface area contributed by atoms with E-state index >= 15 is 0 Å². The minimum absolute atomic E-state index is 0.0115. The van der Waals surface area contributed by atoms with Gasteiger partial charge in [-0.15, -0.1) is 0 Å². The number of aliphatic hydroxyl groups is 1. The zero-order valence-corrected chi connectivity index (χ0v) is 7.36. The molecule has 4 N–H and O–H groups in total. The summed E-state index contributed by atoms with van der Waals surface area (Å²) in [4.78, 5) is 3.12. The van der Waals surface area contributed by atoms with Crippen LogP contribution in [0.5, 0.6) is 0 Å². The van der Waals surface area contributed by atoms with Gasteiger partial charge in [-0.05, 0) is 12.1 Å². The Bertz CT molecular complexity index is 267. The van der Waals surface area contributed by atoms with Crippen molar-refractivity contribution in [1.82, 2.24) is 4.98 Å². The molecule has 2 heterocycles. The van der Waals surface area contributed by atoms with E-state index in [1.807, 2.05) is 18.3 Å². The molecule has 13 heavy (non-hydrogen) atoms. The largest absolute Gasteiger partial charge is 0.395 e. The topological polar surface area (TPSA) is 71.3 Å². The summed E-state index contributed by atoms with van der Waals surface area (Å²) in [7, 11) is 0.